The Morgan fingerprint density at radius 1 is 1.27 bits per heavy atom. The van der Waals surface area contributed by atoms with Crippen LogP contribution in [0.1, 0.15) is 18.4 Å². The van der Waals surface area contributed by atoms with Gasteiger partial charge in [0.2, 0.25) is 15.9 Å². The van der Waals surface area contributed by atoms with Crippen molar-refractivity contribution in [3.63, 3.8) is 0 Å². The molecule has 7 nitrogen and oxygen atoms in total. The number of sulfonamides is 1. The van der Waals surface area contributed by atoms with Crippen LogP contribution in [-0.2, 0) is 21.2 Å². The lowest BCUT2D eigenvalue weighted by Gasteiger charge is -2.35. The SMILES string of the molecule is COc1ccc(CCNC(=O)CN2CCC(N(C)S(C)(=O)=O)CC2)cc1. The molecule has 0 aliphatic carbocycles. The van der Waals surface area contributed by atoms with Crippen LogP contribution in [0.2, 0.25) is 0 Å². The third kappa shape index (κ3) is 6.26. The fourth-order valence-electron chi connectivity index (χ4n) is 3.11. The molecular weight excluding hydrogens is 354 g/mol. The van der Waals surface area contributed by atoms with Crippen molar-refractivity contribution < 1.29 is 17.9 Å². The van der Waals surface area contributed by atoms with Gasteiger partial charge in [-0.05, 0) is 37.0 Å². The molecule has 1 saturated heterocycles. The van der Waals surface area contributed by atoms with E-state index in [0.29, 0.717) is 13.1 Å². The average molecular weight is 384 g/mol. The number of nitrogens with one attached hydrogen (secondary N) is 1. The molecule has 1 aromatic rings. The monoisotopic (exact) mass is 383 g/mol. The highest BCUT2D eigenvalue weighted by atomic mass is 32.2. The summed E-state index contributed by atoms with van der Waals surface area (Å²) in [5.74, 6) is 0.830. The second-order valence-electron chi connectivity index (χ2n) is 6.73. The number of likely N-dealkylation sites (tertiary alicyclic amines) is 1. The van der Waals surface area contributed by atoms with Gasteiger partial charge < -0.3 is 10.1 Å². The molecule has 1 heterocycles. The summed E-state index contributed by atoms with van der Waals surface area (Å²) in [5, 5.41) is 2.95. The predicted molar refractivity (Wildman–Crippen MR) is 102 cm³/mol. The van der Waals surface area contributed by atoms with E-state index >= 15 is 0 Å². The number of hydrogen-bond donors (Lipinski definition) is 1. The van der Waals surface area contributed by atoms with Crippen LogP contribution in [-0.4, -0.2) is 76.2 Å². The van der Waals surface area contributed by atoms with Crippen molar-refractivity contribution in [2.24, 2.45) is 0 Å². The van der Waals surface area contributed by atoms with Gasteiger partial charge in [-0.2, -0.15) is 0 Å². The summed E-state index contributed by atoms with van der Waals surface area (Å²) in [7, 11) is 0.104. The quantitative estimate of drug-likeness (QED) is 0.715. The number of nitrogens with zero attached hydrogens (tertiary/aromatic N) is 2. The zero-order valence-electron chi connectivity index (χ0n) is 15.8. The number of amides is 1. The number of carbonyl (C=O) groups is 1. The van der Waals surface area contributed by atoms with Gasteiger partial charge in [0.05, 0.1) is 19.9 Å². The van der Waals surface area contributed by atoms with Crippen molar-refractivity contribution in [2.45, 2.75) is 25.3 Å². The lowest BCUT2D eigenvalue weighted by atomic mass is 10.1. The van der Waals surface area contributed by atoms with Crippen molar-refractivity contribution in [3.8, 4) is 5.75 Å². The zero-order valence-corrected chi connectivity index (χ0v) is 16.6. The average Bonchev–Trinajstić information content (AvgIpc) is 2.61. The fraction of sp³-hybridized carbons (Fsp3) is 0.611. The van der Waals surface area contributed by atoms with Gasteiger partial charge in [0, 0.05) is 32.7 Å². The first-order valence-electron chi connectivity index (χ1n) is 8.84. The summed E-state index contributed by atoms with van der Waals surface area (Å²) in [6.07, 6.45) is 3.51. The van der Waals surface area contributed by atoms with Crippen molar-refractivity contribution >= 4 is 15.9 Å². The van der Waals surface area contributed by atoms with Gasteiger partial charge in [-0.1, -0.05) is 12.1 Å². The van der Waals surface area contributed by atoms with Crippen LogP contribution in [0, 0.1) is 0 Å². The molecule has 0 bridgehead atoms. The normalized spacial score (nSPS) is 16.6. The standard InChI is InChI=1S/C18H29N3O4S/c1-20(26(3,23)24)16-9-12-21(13-10-16)14-18(22)19-11-8-15-4-6-17(25-2)7-5-15/h4-7,16H,8-14H2,1-3H3,(H,19,22). The number of ether oxygens (including phenoxy) is 1. The third-order valence-electron chi connectivity index (χ3n) is 4.86. The van der Waals surface area contributed by atoms with E-state index in [1.165, 1.54) is 10.6 Å². The largest absolute Gasteiger partial charge is 0.497 e. The summed E-state index contributed by atoms with van der Waals surface area (Å²) in [6.45, 7) is 2.42. The minimum atomic E-state index is -3.16. The van der Waals surface area contributed by atoms with Gasteiger partial charge in [0.15, 0.2) is 0 Å². The van der Waals surface area contributed by atoms with E-state index < -0.39 is 10.0 Å². The molecule has 1 aromatic carbocycles. The number of piperidine rings is 1. The van der Waals surface area contributed by atoms with E-state index in [1.54, 1.807) is 14.2 Å². The summed E-state index contributed by atoms with van der Waals surface area (Å²) in [5.41, 5.74) is 1.15. The van der Waals surface area contributed by atoms with Gasteiger partial charge in [0.1, 0.15) is 5.75 Å². The summed E-state index contributed by atoms with van der Waals surface area (Å²) in [4.78, 5) is 14.2. The Kier molecular flexibility index (Phi) is 7.43. The van der Waals surface area contributed by atoms with Crippen molar-refractivity contribution in [2.75, 3.05) is 46.6 Å². The van der Waals surface area contributed by atoms with Crippen molar-refractivity contribution in [1.29, 1.82) is 0 Å². The van der Waals surface area contributed by atoms with Crippen LogP contribution in [0.5, 0.6) is 5.75 Å². The molecule has 1 N–H and O–H groups in total. The fourth-order valence-corrected chi connectivity index (χ4v) is 3.86. The van der Waals surface area contributed by atoms with Gasteiger partial charge in [0.25, 0.3) is 0 Å². The molecule has 0 saturated carbocycles. The molecule has 146 valence electrons. The maximum atomic E-state index is 12.1. The first-order valence-corrected chi connectivity index (χ1v) is 10.7. The number of methoxy groups -OCH3 is 1. The smallest absolute Gasteiger partial charge is 0.234 e. The Balaban J connectivity index is 1.67. The number of benzene rings is 1. The predicted octanol–water partition coefficient (Wildman–Crippen LogP) is 0.710. The topological polar surface area (TPSA) is 79.0 Å². The molecule has 26 heavy (non-hydrogen) atoms. The Bertz CT molecular complexity index is 683. The number of carbonyl (C=O) groups excluding carboxylic acids is 1. The van der Waals surface area contributed by atoms with Crippen LogP contribution in [0.3, 0.4) is 0 Å². The van der Waals surface area contributed by atoms with Crippen molar-refractivity contribution in [3.05, 3.63) is 29.8 Å². The lowest BCUT2D eigenvalue weighted by molar-refractivity contribution is -0.122. The van der Waals surface area contributed by atoms with Gasteiger partial charge in [-0.25, -0.2) is 12.7 Å². The molecule has 1 fully saturated rings. The maximum absolute atomic E-state index is 12.1. The van der Waals surface area contributed by atoms with Crippen molar-refractivity contribution in [1.82, 2.24) is 14.5 Å². The van der Waals surface area contributed by atoms with Crippen LogP contribution in [0.25, 0.3) is 0 Å². The summed E-state index contributed by atoms with van der Waals surface area (Å²) in [6, 6.07) is 7.84. The van der Waals surface area contributed by atoms with E-state index in [2.05, 4.69) is 10.2 Å². The van der Waals surface area contributed by atoms with E-state index in [9.17, 15) is 13.2 Å². The van der Waals surface area contributed by atoms with Crippen LogP contribution in [0.4, 0.5) is 0 Å². The number of rotatable bonds is 8. The highest BCUT2D eigenvalue weighted by Gasteiger charge is 2.27. The maximum Gasteiger partial charge on any atom is 0.234 e. The Hall–Kier alpha value is -1.64. The van der Waals surface area contributed by atoms with E-state index in [1.807, 2.05) is 24.3 Å². The third-order valence-corrected chi connectivity index (χ3v) is 6.20. The Morgan fingerprint density at radius 3 is 2.42 bits per heavy atom. The van der Waals surface area contributed by atoms with Crippen LogP contribution >= 0.6 is 0 Å². The molecule has 0 radical (unpaired) electrons. The molecule has 2 rings (SSSR count). The van der Waals surface area contributed by atoms with Crippen LogP contribution < -0.4 is 10.1 Å². The second kappa shape index (κ2) is 9.34. The summed E-state index contributed by atoms with van der Waals surface area (Å²) < 4.78 is 29.8. The van der Waals surface area contributed by atoms with Gasteiger partial charge in [-0.3, -0.25) is 9.69 Å². The van der Waals surface area contributed by atoms with E-state index in [0.717, 1.165) is 43.7 Å². The molecule has 1 aliphatic heterocycles. The molecule has 1 amide bonds. The zero-order chi connectivity index (χ0) is 19.2. The van der Waals surface area contributed by atoms with E-state index in [4.69, 9.17) is 4.74 Å². The molecular formula is C18H29N3O4S. The highest BCUT2D eigenvalue weighted by molar-refractivity contribution is 7.88. The minimum Gasteiger partial charge on any atom is -0.497 e. The summed E-state index contributed by atoms with van der Waals surface area (Å²) >= 11 is 0. The van der Waals surface area contributed by atoms with Gasteiger partial charge >= 0.3 is 0 Å². The van der Waals surface area contributed by atoms with Crippen LogP contribution in [0.15, 0.2) is 24.3 Å². The number of hydrogen-bond acceptors (Lipinski definition) is 5. The Morgan fingerprint density at radius 2 is 1.88 bits per heavy atom. The highest BCUT2D eigenvalue weighted by Crippen LogP contribution is 2.17. The molecule has 0 aromatic heterocycles. The first-order chi connectivity index (χ1) is 12.3. The molecule has 0 spiro atoms. The van der Waals surface area contributed by atoms with Gasteiger partial charge in [-0.15, -0.1) is 0 Å². The molecule has 8 heteroatoms. The molecule has 0 atom stereocenters. The molecule has 0 unspecified atom stereocenters. The lowest BCUT2D eigenvalue weighted by Crippen LogP contribution is -2.47. The minimum absolute atomic E-state index is 0.00780. The Labute approximate surface area is 156 Å². The second-order valence-corrected chi connectivity index (χ2v) is 8.78. The first kappa shape index (κ1) is 20.7. The van der Waals surface area contributed by atoms with E-state index in [-0.39, 0.29) is 11.9 Å². The molecule has 1 aliphatic rings.